The second-order valence-electron chi connectivity index (χ2n) is 10.6. The Morgan fingerprint density at radius 2 is 1.90 bits per heavy atom. The first-order valence-corrected chi connectivity index (χ1v) is 13.6. The van der Waals surface area contributed by atoms with Gasteiger partial charge in [0.15, 0.2) is 0 Å². The second-order valence-corrected chi connectivity index (χ2v) is 10.6. The first kappa shape index (κ1) is 24.0. The van der Waals surface area contributed by atoms with Crippen molar-refractivity contribution in [3.8, 4) is 17.0 Å². The van der Waals surface area contributed by atoms with Gasteiger partial charge >= 0.3 is 0 Å². The minimum Gasteiger partial charge on any atom is -0.474 e. The molecule has 3 aromatic rings. The lowest BCUT2D eigenvalue weighted by Gasteiger charge is -2.40. The highest BCUT2D eigenvalue weighted by Gasteiger charge is 2.38. The molecule has 6 heterocycles. The van der Waals surface area contributed by atoms with Gasteiger partial charge in [-0.2, -0.15) is 0 Å². The van der Waals surface area contributed by atoms with Crippen LogP contribution in [-0.4, -0.2) is 72.3 Å². The third kappa shape index (κ3) is 4.28. The molecule has 10 nitrogen and oxygen atoms in total. The van der Waals surface area contributed by atoms with Gasteiger partial charge in [0.2, 0.25) is 17.7 Å². The SMILES string of the molecule is COC1CN(c2nc(Cc3cnc4c(c3)N3C(=O)CC[C@H]3CO4)ncc2-c2ccc(N3CCCC3=O)cc2)C1. The molecule has 0 spiro atoms. The summed E-state index contributed by atoms with van der Waals surface area (Å²) in [6.07, 6.45) is 7.18. The van der Waals surface area contributed by atoms with Crippen LogP contribution in [0.15, 0.2) is 42.7 Å². The Bertz CT molecular complexity index is 1440. The molecular weight excluding hydrogens is 496 g/mol. The number of carbonyl (C=O) groups is 2. The lowest BCUT2D eigenvalue weighted by atomic mass is 10.0. The van der Waals surface area contributed by atoms with Crippen LogP contribution >= 0.6 is 0 Å². The number of amides is 2. The number of benzene rings is 1. The van der Waals surface area contributed by atoms with Gasteiger partial charge in [0, 0.05) is 69.7 Å². The van der Waals surface area contributed by atoms with E-state index < -0.39 is 0 Å². The summed E-state index contributed by atoms with van der Waals surface area (Å²) in [6, 6.07) is 10.1. The van der Waals surface area contributed by atoms with Crippen molar-refractivity contribution < 1.29 is 19.1 Å². The zero-order valence-electron chi connectivity index (χ0n) is 21.9. The molecule has 10 heteroatoms. The molecule has 39 heavy (non-hydrogen) atoms. The maximum absolute atomic E-state index is 12.5. The molecule has 0 radical (unpaired) electrons. The van der Waals surface area contributed by atoms with Crippen molar-refractivity contribution in [2.24, 2.45) is 0 Å². The molecule has 0 saturated carbocycles. The van der Waals surface area contributed by atoms with Crippen LogP contribution in [0.25, 0.3) is 11.1 Å². The predicted octanol–water partition coefficient (Wildman–Crippen LogP) is 2.98. The van der Waals surface area contributed by atoms with Crippen molar-refractivity contribution in [3.63, 3.8) is 0 Å². The van der Waals surface area contributed by atoms with Crippen molar-refractivity contribution in [1.29, 1.82) is 0 Å². The number of methoxy groups -OCH3 is 1. The van der Waals surface area contributed by atoms with Gasteiger partial charge < -0.3 is 24.2 Å². The predicted molar refractivity (Wildman–Crippen MR) is 145 cm³/mol. The zero-order valence-corrected chi connectivity index (χ0v) is 21.9. The first-order valence-electron chi connectivity index (χ1n) is 13.6. The number of aromatic nitrogens is 3. The summed E-state index contributed by atoms with van der Waals surface area (Å²) in [5.41, 5.74) is 4.53. The molecule has 1 aromatic carbocycles. The van der Waals surface area contributed by atoms with Gasteiger partial charge in [-0.05, 0) is 42.2 Å². The zero-order chi connectivity index (χ0) is 26.5. The lowest BCUT2D eigenvalue weighted by molar-refractivity contribution is -0.118. The van der Waals surface area contributed by atoms with Gasteiger partial charge in [0.25, 0.3) is 0 Å². The molecule has 200 valence electrons. The van der Waals surface area contributed by atoms with Crippen LogP contribution in [0.5, 0.6) is 5.88 Å². The average Bonchev–Trinajstić information content (AvgIpc) is 3.54. The molecule has 1 atom stereocenters. The van der Waals surface area contributed by atoms with E-state index in [1.54, 1.807) is 13.3 Å². The van der Waals surface area contributed by atoms with Crippen LogP contribution in [0.2, 0.25) is 0 Å². The van der Waals surface area contributed by atoms with E-state index in [1.165, 1.54) is 0 Å². The Labute approximate surface area is 226 Å². The van der Waals surface area contributed by atoms with E-state index in [1.807, 2.05) is 46.3 Å². The highest BCUT2D eigenvalue weighted by Crippen LogP contribution is 2.38. The fourth-order valence-electron chi connectivity index (χ4n) is 5.89. The molecular formula is C29H30N6O4. The van der Waals surface area contributed by atoms with Gasteiger partial charge in [-0.1, -0.05) is 12.1 Å². The van der Waals surface area contributed by atoms with Crippen molar-refractivity contribution in [2.75, 3.05) is 48.1 Å². The van der Waals surface area contributed by atoms with Crippen molar-refractivity contribution in [3.05, 3.63) is 54.1 Å². The topological polar surface area (TPSA) is 101 Å². The van der Waals surface area contributed by atoms with Crippen molar-refractivity contribution in [1.82, 2.24) is 15.0 Å². The Morgan fingerprint density at radius 3 is 2.67 bits per heavy atom. The van der Waals surface area contributed by atoms with Crippen LogP contribution in [0.4, 0.5) is 17.2 Å². The largest absolute Gasteiger partial charge is 0.474 e. The highest BCUT2D eigenvalue weighted by molar-refractivity contribution is 5.98. The molecule has 2 amide bonds. The van der Waals surface area contributed by atoms with E-state index in [0.717, 1.165) is 66.4 Å². The number of rotatable bonds is 6. The maximum Gasteiger partial charge on any atom is 0.238 e. The first-order chi connectivity index (χ1) is 19.1. The summed E-state index contributed by atoms with van der Waals surface area (Å²) >= 11 is 0. The standard InChI is InChI=1S/C29H30N6O4/c1-38-22-15-33(16-22)28-23(19-4-6-20(7-5-19)34-10-2-3-26(34)36)14-30-25(32-28)12-18-11-24-29(31-13-18)39-17-21-8-9-27(37)35(21)24/h4-7,11,13-14,21-22H,2-3,8-10,12,15-17H2,1H3/t21-/m0/s1. The summed E-state index contributed by atoms with van der Waals surface area (Å²) in [7, 11) is 1.73. The van der Waals surface area contributed by atoms with Gasteiger partial charge in [-0.3, -0.25) is 9.59 Å². The monoisotopic (exact) mass is 526 g/mol. The van der Waals surface area contributed by atoms with Crippen LogP contribution in [0.3, 0.4) is 0 Å². The quantitative estimate of drug-likeness (QED) is 0.483. The number of anilines is 3. The minimum atomic E-state index is 0.0827. The van der Waals surface area contributed by atoms with Crippen molar-refractivity contribution in [2.45, 2.75) is 44.2 Å². The lowest BCUT2D eigenvalue weighted by Crippen LogP contribution is -2.52. The molecule has 0 aliphatic carbocycles. The molecule has 2 aromatic heterocycles. The molecule has 0 bridgehead atoms. The Hall–Kier alpha value is -4.05. The summed E-state index contributed by atoms with van der Waals surface area (Å²) in [4.78, 5) is 44.8. The number of pyridine rings is 1. The van der Waals surface area contributed by atoms with E-state index in [9.17, 15) is 9.59 Å². The van der Waals surface area contributed by atoms with Gasteiger partial charge in [0.05, 0.1) is 12.1 Å². The summed E-state index contributed by atoms with van der Waals surface area (Å²) in [5.74, 6) is 2.35. The average molecular weight is 527 g/mol. The molecule has 0 N–H and O–H groups in total. The minimum absolute atomic E-state index is 0.0827. The van der Waals surface area contributed by atoms with Gasteiger partial charge in [-0.25, -0.2) is 15.0 Å². The highest BCUT2D eigenvalue weighted by atomic mass is 16.5. The Kier molecular flexibility index (Phi) is 5.92. The summed E-state index contributed by atoms with van der Waals surface area (Å²) in [6.45, 7) is 2.78. The number of ether oxygens (including phenoxy) is 2. The fraction of sp³-hybridized carbons (Fsp3) is 0.414. The molecule has 4 aliphatic rings. The number of fused-ring (bicyclic) bond motifs is 3. The fourth-order valence-corrected chi connectivity index (χ4v) is 5.89. The van der Waals surface area contributed by atoms with Gasteiger partial charge in [-0.15, -0.1) is 0 Å². The Morgan fingerprint density at radius 1 is 1.05 bits per heavy atom. The van der Waals surface area contributed by atoms with E-state index >= 15 is 0 Å². The third-order valence-electron chi connectivity index (χ3n) is 8.11. The molecule has 7 rings (SSSR count). The number of carbonyl (C=O) groups excluding carboxylic acids is 2. The third-order valence-corrected chi connectivity index (χ3v) is 8.11. The molecule has 3 saturated heterocycles. The Balaban J connectivity index is 1.18. The van der Waals surface area contributed by atoms with Crippen LogP contribution in [-0.2, 0) is 20.7 Å². The molecule has 4 aliphatic heterocycles. The van der Waals surface area contributed by atoms with Gasteiger partial charge in [0.1, 0.15) is 23.9 Å². The van der Waals surface area contributed by atoms with E-state index in [0.29, 0.717) is 37.6 Å². The number of hydrogen-bond donors (Lipinski definition) is 0. The van der Waals surface area contributed by atoms with Crippen LogP contribution in [0, 0.1) is 0 Å². The van der Waals surface area contributed by atoms with E-state index in [2.05, 4.69) is 9.88 Å². The smallest absolute Gasteiger partial charge is 0.238 e. The molecule has 3 fully saturated rings. The second kappa shape index (κ2) is 9.60. The summed E-state index contributed by atoms with van der Waals surface area (Å²) in [5, 5.41) is 0. The maximum atomic E-state index is 12.5. The number of nitrogens with zero attached hydrogens (tertiary/aromatic N) is 6. The van der Waals surface area contributed by atoms with Crippen LogP contribution in [0.1, 0.15) is 37.1 Å². The van der Waals surface area contributed by atoms with E-state index in [4.69, 9.17) is 19.4 Å². The van der Waals surface area contributed by atoms with Crippen LogP contribution < -0.4 is 19.4 Å². The number of hydrogen-bond acceptors (Lipinski definition) is 8. The molecule has 0 unspecified atom stereocenters. The summed E-state index contributed by atoms with van der Waals surface area (Å²) < 4.78 is 11.3. The van der Waals surface area contributed by atoms with E-state index in [-0.39, 0.29) is 24.0 Å². The normalized spacial score (nSPS) is 20.6. The van der Waals surface area contributed by atoms with Crippen molar-refractivity contribution >= 4 is 29.0 Å².